The topological polar surface area (TPSA) is 35.6 Å². The molecule has 0 spiro atoms. The molecule has 2 heterocycles. The molecular formula is C32H21IN4. The van der Waals surface area contributed by atoms with Crippen LogP contribution in [0.1, 0.15) is 0 Å². The Kier molecular flexibility index (Phi) is 5.36. The summed E-state index contributed by atoms with van der Waals surface area (Å²) in [5, 5.41) is 0. The summed E-state index contributed by atoms with van der Waals surface area (Å²) in [6, 6.07) is 40.2. The molecule has 0 aliphatic carbocycles. The summed E-state index contributed by atoms with van der Waals surface area (Å²) in [7, 11) is 0. The molecule has 0 radical (unpaired) electrons. The number of rotatable bonds is 4. The first-order valence-electron chi connectivity index (χ1n) is 12.1. The highest BCUT2D eigenvalue weighted by molar-refractivity contribution is 14.1. The maximum absolute atomic E-state index is 4.70. The van der Waals surface area contributed by atoms with Crippen molar-refractivity contribution < 1.29 is 0 Å². The van der Waals surface area contributed by atoms with Gasteiger partial charge in [-0.3, -0.25) is 9.13 Å². The molecule has 0 atom stereocenters. The summed E-state index contributed by atoms with van der Waals surface area (Å²) in [4.78, 5) is 9.41. The van der Waals surface area contributed by atoms with Crippen molar-refractivity contribution in [2.24, 2.45) is 0 Å². The highest BCUT2D eigenvalue weighted by atomic mass is 127. The summed E-state index contributed by atoms with van der Waals surface area (Å²) in [6.45, 7) is 0. The van der Waals surface area contributed by atoms with Crippen LogP contribution in [0.25, 0.3) is 55.7 Å². The fraction of sp³-hybridized carbons (Fsp3) is 0. The number of aromatic nitrogens is 4. The van der Waals surface area contributed by atoms with Crippen molar-refractivity contribution in [3.05, 3.63) is 131 Å². The van der Waals surface area contributed by atoms with Gasteiger partial charge in [-0.2, -0.15) is 0 Å². The van der Waals surface area contributed by atoms with E-state index in [1.54, 1.807) is 0 Å². The van der Waals surface area contributed by atoms with Crippen LogP contribution < -0.4 is 0 Å². The van der Waals surface area contributed by atoms with Crippen molar-refractivity contribution in [3.63, 3.8) is 0 Å². The zero-order valence-corrected chi connectivity index (χ0v) is 21.9. The van der Waals surface area contributed by atoms with Crippen molar-refractivity contribution in [2.45, 2.75) is 0 Å². The van der Waals surface area contributed by atoms with Gasteiger partial charge in [0.15, 0.2) is 0 Å². The lowest BCUT2D eigenvalue weighted by Gasteiger charge is -2.12. The van der Waals surface area contributed by atoms with E-state index >= 15 is 0 Å². The molecule has 0 aliphatic rings. The van der Waals surface area contributed by atoms with E-state index in [9.17, 15) is 0 Å². The van der Waals surface area contributed by atoms with Gasteiger partial charge in [0, 0.05) is 14.9 Å². The predicted molar refractivity (Wildman–Crippen MR) is 159 cm³/mol. The molecule has 0 unspecified atom stereocenters. The molecule has 176 valence electrons. The third kappa shape index (κ3) is 3.83. The van der Waals surface area contributed by atoms with Crippen molar-refractivity contribution in [3.8, 4) is 33.6 Å². The highest BCUT2D eigenvalue weighted by Crippen LogP contribution is 2.36. The molecule has 0 aliphatic heterocycles. The van der Waals surface area contributed by atoms with Crippen LogP contribution in [0, 0.1) is 3.57 Å². The Morgan fingerprint density at radius 1 is 0.486 bits per heavy atom. The summed E-state index contributed by atoms with van der Waals surface area (Å²) in [6.07, 6.45) is 3.80. The Labute approximate surface area is 228 Å². The van der Waals surface area contributed by atoms with Crippen LogP contribution in [-0.4, -0.2) is 19.1 Å². The number of hydrogen-bond acceptors (Lipinski definition) is 2. The van der Waals surface area contributed by atoms with E-state index in [2.05, 4.69) is 111 Å². The molecule has 5 aromatic carbocycles. The van der Waals surface area contributed by atoms with Crippen LogP contribution in [-0.2, 0) is 0 Å². The van der Waals surface area contributed by atoms with Crippen LogP contribution in [0.15, 0.2) is 128 Å². The van der Waals surface area contributed by atoms with Crippen molar-refractivity contribution >= 4 is 44.7 Å². The zero-order valence-electron chi connectivity index (χ0n) is 19.8. The lowest BCUT2D eigenvalue weighted by atomic mass is 9.98. The summed E-state index contributed by atoms with van der Waals surface area (Å²) in [5.74, 6) is 0. The Balaban J connectivity index is 1.28. The van der Waals surface area contributed by atoms with E-state index in [1.807, 2.05) is 49.1 Å². The van der Waals surface area contributed by atoms with E-state index < -0.39 is 0 Å². The molecule has 0 N–H and O–H groups in total. The quantitative estimate of drug-likeness (QED) is 0.194. The van der Waals surface area contributed by atoms with Crippen LogP contribution in [0.3, 0.4) is 0 Å². The predicted octanol–water partition coefficient (Wildman–Crippen LogP) is 8.30. The number of para-hydroxylation sites is 2. The van der Waals surface area contributed by atoms with Gasteiger partial charge in [0.25, 0.3) is 0 Å². The second-order valence-electron chi connectivity index (χ2n) is 8.97. The number of hydrogen-bond donors (Lipinski definition) is 0. The number of benzene rings is 5. The Hall–Kier alpha value is -4.23. The van der Waals surface area contributed by atoms with Crippen molar-refractivity contribution in [1.82, 2.24) is 19.1 Å². The molecule has 2 aromatic heterocycles. The first kappa shape index (κ1) is 22.0. The smallest absolute Gasteiger partial charge is 0.100 e. The molecule has 5 heteroatoms. The molecular weight excluding hydrogens is 567 g/mol. The monoisotopic (exact) mass is 588 g/mol. The van der Waals surface area contributed by atoms with Crippen LogP contribution in [0.2, 0.25) is 0 Å². The third-order valence-corrected chi connectivity index (χ3v) is 7.95. The third-order valence-electron chi connectivity index (χ3n) is 6.78. The van der Waals surface area contributed by atoms with Gasteiger partial charge in [0.1, 0.15) is 12.7 Å². The van der Waals surface area contributed by atoms with Crippen molar-refractivity contribution in [2.75, 3.05) is 0 Å². The zero-order chi connectivity index (χ0) is 24.8. The lowest BCUT2D eigenvalue weighted by Crippen LogP contribution is -1.92. The first-order valence-corrected chi connectivity index (χ1v) is 13.2. The van der Waals surface area contributed by atoms with Gasteiger partial charge in [-0.25, -0.2) is 9.97 Å². The maximum atomic E-state index is 4.70. The first-order chi connectivity index (χ1) is 18.3. The van der Waals surface area contributed by atoms with E-state index in [-0.39, 0.29) is 0 Å². The lowest BCUT2D eigenvalue weighted by molar-refractivity contribution is 1.09. The van der Waals surface area contributed by atoms with Gasteiger partial charge < -0.3 is 0 Å². The van der Waals surface area contributed by atoms with E-state index in [0.717, 1.165) is 44.6 Å². The Morgan fingerprint density at radius 3 is 1.41 bits per heavy atom. The second-order valence-corrected chi connectivity index (χ2v) is 10.1. The normalized spacial score (nSPS) is 11.4. The number of imidazole rings is 2. The Morgan fingerprint density at radius 2 is 0.946 bits per heavy atom. The number of fused-ring (bicyclic) bond motifs is 2. The summed E-state index contributed by atoms with van der Waals surface area (Å²) >= 11 is 2.47. The van der Waals surface area contributed by atoms with Gasteiger partial charge in [-0.05, 0) is 93.4 Å². The summed E-state index contributed by atoms with van der Waals surface area (Å²) in [5.41, 5.74) is 11.1. The minimum Gasteiger partial charge on any atom is -0.299 e. The summed E-state index contributed by atoms with van der Waals surface area (Å²) < 4.78 is 5.47. The average molecular weight is 588 g/mol. The molecule has 7 aromatic rings. The molecule has 7 rings (SSSR count). The van der Waals surface area contributed by atoms with Crippen molar-refractivity contribution in [1.29, 1.82) is 0 Å². The minimum absolute atomic E-state index is 0.982. The Bertz CT molecular complexity index is 1750. The highest BCUT2D eigenvalue weighted by Gasteiger charge is 2.13. The largest absolute Gasteiger partial charge is 0.299 e. The van der Waals surface area contributed by atoms with Gasteiger partial charge in [-0.15, -0.1) is 0 Å². The standard InChI is InChI=1S/C32H21IN4/c33-32-26(22-14-16-30-28(18-22)34-20-36(30)24-8-3-1-4-9-24)12-7-13-27(32)23-15-17-31-29(19-23)35-21-37(31)25-10-5-2-6-11-25/h1-21H. The molecule has 0 saturated heterocycles. The van der Waals surface area contributed by atoms with Gasteiger partial charge in [-0.1, -0.05) is 66.7 Å². The van der Waals surface area contributed by atoms with E-state index in [1.165, 1.54) is 14.7 Å². The minimum atomic E-state index is 0.982. The van der Waals surface area contributed by atoms with Crippen LogP contribution in [0.5, 0.6) is 0 Å². The molecule has 37 heavy (non-hydrogen) atoms. The number of nitrogens with zero attached hydrogens (tertiary/aromatic N) is 4. The fourth-order valence-electron chi connectivity index (χ4n) is 4.93. The van der Waals surface area contributed by atoms with Gasteiger partial charge in [0.2, 0.25) is 0 Å². The van der Waals surface area contributed by atoms with E-state index in [0.29, 0.717) is 0 Å². The van der Waals surface area contributed by atoms with Crippen LogP contribution >= 0.6 is 22.6 Å². The maximum Gasteiger partial charge on any atom is 0.100 e. The molecule has 0 saturated carbocycles. The second kappa shape index (κ2) is 9.01. The number of halogens is 1. The van der Waals surface area contributed by atoms with E-state index in [4.69, 9.17) is 9.97 Å². The average Bonchev–Trinajstić information content (AvgIpc) is 3.58. The molecule has 0 bridgehead atoms. The molecule has 0 amide bonds. The van der Waals surface area contributed by atoms with Gasteiger partial charge in [0.05, 0.1) is 22.1 Å². The fourth-order valence-corrected chi connectivity index (χ4v) is 5.91. The van der Waals surface area contributed by atoms with Gasteiger partial charge >= 0.3 is 0 Å². The SMILES string of the molecule is Ic1c(-c2ccc3c(c2)ncn3-c2ccccc2)cccc1-c1ccc2c(c1)ncn2-c1ccccc1. The van der Waals surface area contributed by atoms with Crippen LogP contribution in [0.4, 0.5) is 0 Å². The molecule has 0 fully saturated rings. The molecule has 4 nitrogen and oxygen atoms in total.